The summed E-state index contributed by atoms with van der Waals surface area (Å²) in [6.07, 6.45) is 0.739. The predicted molar refractivity (Wildman–Crippen MR) is 75.7 cm³/mol. The highest BCUT2D eigenvalue weighted by atomic mass is 32.2. The Bertz CT molecular complexity index is 621. The molecule has 7 nitrogen and oxygen atoms in total. The summed E-state index contributed by atoms with van der Waals surface area (Å²) in [7, 11) is -2.45. The van der Waals surface area contributed by atoms with E-state index in [0.29, 0.717) is 32.1 Å². The molecule has 2 N–H and O–H groups in total. The minimum atomic E-state index is -3.87. The van der Waals surface area contributed by atoms with Gasteiger partial charge in [0.05, 0.1) is 24.2 Å². The molecule has 0 unspecified atom stereocenters. The van der Waals surface area contributed by atoms with E-state index in [2.05, 4.69) is 0 Å². The largest absolute Gasteiger partial charge is 0.496 e. The predicted octanol–water partition coefficient (Wildman–Crippen LogP) is 0.205. The number of nitrogens with two attached hydrogens (primary N) is 1. The van der Waals surface area contributed by atoms with Crippen LogP contribution in [0.5, 0.6) is 5.75 Å². The Morgan fingerprint density at radius 2 is 2.10 bits per heavy atom. The van der Waals surface area contributed by atoms with Crippen LogP contribution in [-0.2, 0) is 14.8 Å². The molecule has 0 aliphatic carbocycles. The molecule has 0 radical (unpaired) electrons. The summed E-state index contributed by atoms with van der Waals surface area (Å²) < 4.78 is 33.3. The van der Waals surface area contributed by atoms with Crippen LogP contribution < -0.4 is 9.88 Å². The molecule has 1 saturated heterocycles. The lowest BCUT2D eigenvalue weighted by molar-refractivity contribution is 0.0737. The van der Waals surface area contributed by atoms with Gasteiger partial charge < -0.3 is 14.4 Å². The number of carbonyl (C=O) groups excluding carboxylic acids is 1. The van der Waals surface area contributed by atoms with Crippen LogP contribution in [0.15, 0.2) is 23.1 Å². The van der Waals surface area contributed by atoms with Gasteiger partial charge in [-0.2, -0.15) is 0 Å². The first-order valence-corrected chi connectivity index (χ1v) is 8.06. The van der Waals surface area contributed by atoms with E-state index < -0.39 is 10.0 Å². The first-order valence-electron chi connectivity index (χ1n) is 6.51. The van der Waals surface area contributed by atoms with E-state index >= 15 is 0 Å². The highest BCUT2D eigenvalue weighted by Crippen LogP contribution is 2.23. The number of hydrogen-bond donors (Lipinski definition) is 1. The second kappa shape index (κ2) is 6.42. The molecule has 0 atom stereocenters. The SMILES string of the molecule is COc1ccc(S(N)(=O)=O)cc1C(=O)N1CCCOCC1. The molecular formula is C13H18N2O5S. The number of carbonyl (C=O) groups is 1. The van der Waals surface area contributed by atoms with Gasteiger partial charge in [-0.15, -0.1) is 0 Å². The average molecular weight is 314 g/mol. The average Bonchev–Trinajstić information content (AvgIpc) is 2.74. The molecule has 0 bridgehead atoms. The van der Waals surface area contributed by atoms with Crippen LogP contribution >= 0.6 is 0 Å². The Labute approximate surface area is 123 Å². The van der Waals surface area contributed by atoms with Gasteiger partial charge in [0.25, 0.3) is 5.91 Å². The zero-order valence-corrected chi connectivity index (χ0v) is 12.6. The van der Waals surface area contributed by atoms with Crippen LogP contribution in [0, 0.1) is 0 Å². The summed E-state index contributed by atoms with van der Waals surface area (Å²) in [6, 6.07) is 4.00. The number of methoxy groups -OCH3 is 1. The van der Waals surface area contributed by atoms with Gasteiger partial charge in [0.1, 0.15) is 5.75 Å². The molecule has 116 valence electrons. The van der Waals surface area contributed by atoms with Gasteiger partial charge in [0, 0.05) is 19.7 Å². The molecule has 2 rings (SSSR count). The third-order valence-electron chi connectivity index (χ3n) is 3.24. The third-order valence-corrected chi connectivity index (χ3v) is 4.15. The smallest absolute Gasteiger partial charge is 0.257 e. The maximum Gasteiger partial charge on any atom is 0.257 e. The Hall–Kier alpha value is -1.64. The summed E-state index contributed by atoms with van der Waals surface area (Å²) in [6.45, 7) is 2.09. The minimum absolute atomic E-state index is 0.113. The van der Waals surface area contributed by atoms with Gasteiger partial charge in [-0.25, -0.2) is 13.6 Å². The van der Waals surface area contributed by atoms with Crippen molar-refractivity contribution in [1.82, 2.24) is 4.90 Å². The molecule has 0 saturated carbocycles. The van der Waals surface area contributed by atoms with Crippen molar-refractivity contribution in [3.63, 3.8) is 0 Å². The molecule has 1 amide bonds. The van der Waals surface area contributed by atoms with Crippen molar-refractivity contribution in [1.29, 1.82) is 0 Å². The number of rotatable bonds is 3. The molecule has 1 aromatic rings. The van der Waals surface area contributed by atoms with Gasteiger partial charge in [-0.1, -0.05) is 0 Å². The number of nitrogens with zero attached hydrogens (tertiary/aromatic N) is 1. The molecular weight excluding hydrogens is 296 g/mol. The van der Waals surface area contributed by atoms with Gasteiger partial charge in [0.2, 0.25) is 10.0 Å². The minimum Gasteiger partial charge on any atom is -0.496 e. The number of amides is 1. The Balaban J connectivity index is 2.38. The topological polar surface area (TPSA) is 98.9 Å². The lowest BCUT2D eigenvalue weighted by atomic mass is 10.1. The zero-order valence-electron chi connectivity index (χ0n) is 11.7. The van der Waals surface area contributed by atoms with Crippen LogP contribution in [0.25, 0.3) is 0 Å². The summed E-state index contributed by atoms with van der Waals surface area (Å²) >= 11 is 0. The molecule has 0 aromatic heterocycles. The van der Waals surface area contributed by atoms with Crippen molar-refractivity contribution in [2.24, 2.45) is 5.14 Å². The standard InChI is InChI=1S/C13H18N2O5S/c1-19-12-4-3-10(21(14,17)18)9-11(12)13(16)15-5-2-7-20-8-6-15/h3-4,9H,2,5-8H2,1H3,(H2,14,17,18). The summed E-state index contributed by atoms with van der Waals surface area (Å²) in [4.78, 5) is 14.1. The quantitative estimate of drug-likeness (QED) is 0.859. The van der Waals surface area contributed by atoms with E-state index in [1.165, 1.54) is 25.3 Å². The van der Waals surface area contributed by atoms with Crippen LogP contribution in [0.3, 0.4) is 0 Å². The fourth-order valence-corrected chi connectivity index (χ4v) is 2.69. The summed E-state index contributed by atoms with van der Waals surface area (Å²) in [5.41, 5.74) is 0.186. The van der Waals surface area contributed by atoms with Crippen LogP contribution in [0.4, 0.5) is 0 Å². The first-order chi connectivity index (χ1) is 9.93. The molecule has 8 heteroatoms. The van der Waals surface area contributed by atoms with Gasteiger partial charge >= 0.3 is 0 Å². The van der Waals surface area contributed by atoms with Gasteiger partial charge in [0.15, 0.2) is 0 Å². The monoisotopic (exact) mass is 314 g/mol. The first kappa shape index (κ1) is 15.7. The highest BCUT2D eigenvalue weighted by molar-refractivity contribution is 7.89. The number of benzene rings is 1. The normalized spacial score (nSPS) is 16.4. The molecule has 1 aliphatic heterocycles. The van der Waals surface area contributed by atoms with E-state index in [1.807, 2.05) is 0 Å². The maximum atomic E-state index is 12.6. The Kier molecular flexibility index (Phi) is 4.81. The van der Waals surface area contributed by atoms with Crippen LogP contribution in [0.2, 0.25) is 0 Å². The van der Waals surface area contributed by atoms with E-state index in [0.717, 1.165) is 6.42 Å². The molecule has 21 heavy (non-hydrogen) atoms. The van der Waals surface area contributed by atoms with Crippen molar-refractivity contribution < 1.29 is 22.7 Å². The maximum absolute atomic E-state index is 12.6. The van der Waals surface area contributed by atoms with Crippen LogP contribution in [-0.4, -0.2) is 52.6 Å². The van der Waals surface area contributed by atoms with Crippen LogP contribution in [0.1, 0.15) is 16.8 Å². The molecule has 1 aliphatic rings. The summed E-state index contributed by atoms with van der Waals surface area (Å²) in [5.74, 6) is 0.0282. The lowest BCUT2D eigenvalue weighted by Gasteiger charge is -2.21. The number of primary sulfonamides is 1. The summed E-state index contributed by atoms with van der Waals surface area (Å²) in [5, 5.41) is 5.11. The van der Waals surface area contributed by atoms with Crippen molar-refractivity contribution in [2.75, 3.05) is 33.4 Å². The van der Waals surface area contributed by atoms with Crippen molar-refractivity contribution in [2.45, 2.75) is 11.3 Å². The second-order valence-electron chi connectivity index (χ2n) is 4.67. The number of ether oxygens (including phenoxy) is 2. The molecule has 1 heterocycles. The number of sulfonamides is 1. The van der Waals surface area contributed by atoms with E-state index in [9.17, 15) is 13.2 Å². The van der Waals surface area contributed by atoms with E-state index in [4.69, 9.17) is 14.6 Å². The van der Waals surface area contributed by atoms with Crippen molar-refractivity contribution in [3.8, 4) is 5.75 Å². The van der Waals surface area contributed by atoms with E-state index in [-0.39, 0.29) is 16.4 Å². The van der Waals surface area contributed by atoms with E-state index in [1.54, 1.807) is 4.90 Å². The Morgan fingerprint density at radius 1 is 1.33 bits per heavy atom. The molecule has 0 spiro atoms. The van der Waals surface area contributed by atoms with Gasteiger partial charge in [-0.05, 0) is 24.6 Å². The molecule has 1 aromatic carbocycles. The van der Waals surface area contributed by atoms with Crippen molar-refractivity contribution >= 4 is 15.9 Å². The fraction of sp³-hybridized carbons (Fsp3) is 0.462. The zero-order chi connectivity index (χ0) is 15.5. The van der Waals surface area contributed by atoms with Gasteiger partial charge in [-0.3, -0.25) is 4.79 Å². The highest BCUT2D eigenvalue weighted by Gasteiger charge is 2.23. The number of hydrogen-bond acceptors (Lipinski definition) is 5. The Morgan fingerprint density at radius 3 is 2.76 bits per heavy atom. The molecule has 1 fully saturated rings. The fourth-order valence-electron chi connectivity index (χ4n) is 2.15. The lowest BCUT2D eigenvalue weighted by Crippen LogP contribution is -2.33. The van der Waals surface area contributed by atoms with Crippen molar-refractivity contribution in [3.05, 3.63) is 23.8 Å². The second-order valence-corrected chi connectivity index (χ2v) is 6.23. The third kappa shape index (κ3) is 3.72.